The highest BCUT2D eigenvalue weighted by molar-refractivity contribution is 9.11. The SMILES string of the molecule is O=C(CCNc1ncc(Br)cc1Br)N1CCCC1. The first-order valence-corrected chi connectivity index (χ1v) is 7.58. The molecule has 0 bridgehead atoms. The number of nitrogens with zero attached hydrogens (tertiary/aromatic N) is 2. The first-order chi connectivity index (χ1) is 8.66. The number of hydrogen-bond donors (Lipinski definition) is 1. The van der Waals surface area contributed by atoms with Crippen molar-refractivity contribution in [2.45, 2.75) is 19.3 Å². The van der Waals surface area contributed by atoms with Gasteiger partial charge in [-0.05, 0) is 50.8 Å². The number of halogens is 2. The van der Waals surface area contributed by atoms with Crippen LogP contribution in [0.5, 0.6) is 0 Å². The van der Waals surface area contributed by atoms with Crippen molar-refractivity contribution in [2.75, 3.05) is 25.0 Å². The zero-order valence-corrected chi connectivity index (χ0v) is 13.1. The van der Waals surface area contributed by atoms with Crippen molar-refractivity contribution in [3.05, 3.63) is 21.2 Å². The molecule has 0 aromatic carbocycles. The van der Waals surface area contributed by atoms with Crippen molar-refractivity contribution in [3.63, 3.8) is 0 Å². The van der Waals surface area contributed by atoms with Crippen LogP contribution in [-0.2, 0) is 4.79 Å². The summed E-state index contributed by atoms with van der Waals surface area (Å²) in [6, 6.07) is 1.93. The van der Waals surface area contributed by atoms with Gasteiger partial charge in [0.15, 0.2) is 0 Å². The first-order valence-electron chi connectivity index (χ1n) is 5.99. The molecule has 4 nitrogen and oxygen atoms in total. The smallest absolute Gasteiger partial charge is 0.224 e. The minimum Gasteiger partial charge on any atom is -0.369 e. The second-order valence-corrected chi connectivity index (χ2v) is 6.02. The van der Waals surface area contributed by atoms with Gasteiger partial charge in [0.1, 0.15) is 5.82 Å². The Balaban J connectivity index is 1.79. The van der Waals surface area contributed by atoms with Gasteiger partial charge in [-0.1, -0.05) is 0 Å². The summed E-state index contributed by atoms with van der Waals surface area (Å²) in [4.78, 5) is 18.0. The largest absolute Gasteiger partial charge is 0.369 e. The predicted molar refractivity (Wildman–Crippen MR) is 78.6 cm³/mol. The number of carbonyl (C=O) groups excluding carboxylic acids is 1. The number of likely N-dealkylation sites (tertiary alicyclic amines) is 1. The third-order valence-corrected chi connectivity index (χ3v) is 3.94. The molecule has 1 aromatic rings. The van der Waals surface area contributed by atoms with Gasteiger partial charge in [0.25, 0.3) is 0 Å². The summed E-state index contributed by atoms with van der Waals surface area (Å²) in [5.41, 5.74) is 0. The standard InChI is InChI=1S/C12H15Br2N3O/c13-9-7-10(14)12(16-8-9)15-4-3-11(18)17-5-1-2-6-17/h7-8H,1-6H2,(H,15,16). The first kappa shape index (κ1) is 13.8. The second-order valence-electron chi connectivity index (χ2n) is 4.25. The molecule has 0 spiro atoms. The summed E-state index contributed by atoms with van der Waals surface area (Å²) in [5, 5.41) is 3.17. The third-order valence-electron chi connectivity index (χ3n) is 2.90. The van der Waals surface area contributed by atoms with Crippen LogP contribution in [0.15, 0.2) is 21.2 Å². The molecule has 0 saturated carbocycles. The number of nitrogens with one attached hydrogen (secondary N) is 1. The molecule has 2 heterocycles. The van der Waals surface area contributed by atoms with E-state index in [1.54, 1.807) is 6.20 Å². The summed E-state index contributed by atoms with van der Waals surface area (Å²) in [5.74, 6) is 1.00. The van der Waals surface area contributed by atoms with E-state index in [1.165, 1.54) is 0 Å². The minimum absolute atomic E-state index is 0.230. The average molecular weight is 377 g/mol. The van der Waals surface area contributed by atoms with Crippen LogP contribution in [-0.4, -0.2) is 35.4 Å². The molecule has 18 heavy (non-hydrogen) atoms. The van der Waals surface area contributed by atoms with Crippen molar-refractivity contribution < 1.29 is 4.79 Å². The number of amides is 1. The van der Waals surface area contributed by atoms with Crippen LogP contribution in [0, 0.1) is 0 Å². The van der Waals surface area contributed by atoms with E-state index in [-0.39, 0.29) is 5.91 Å². The molecule has 6 heteroatoms. The van der Waals surface area contributed by atoms with Gasteiger partial charge in [0, 0.05) is 36.7 Å². The minimum atomic E-state index is 0.230. The molecule has 2 rings (SSSR count). The van der Waals surface area contributed by atoms with Gasteiger partial charge in [-0.2, -0.15) is 0 Å². The van der Waals surface area contributed by atoms with Crippen LogP contribution in [0.2, 0.25) is 0 Å². The highest BCUT2D eigenvalue weighted by Gasteiger charge is 2.17. The monoisotopic (exact) mass is 375 g/mol. The number of carbonyl (C=O) groups is 1. The molecular formula is C12H15Br2N3O. The highest BCUT2D eigenvalue weighted by Crippen LogP contribution is 2.23. The highest BCUT2D eigenvalue weighted by atomic mass is 79.9. The van der Waals surface area contributed by atoms with Crippen molar-refractivity contribution >= 4 is 43.6 Å². The van der Waals surface area contributed by atoms with Gasteiger partial charge in [0.05, 0.1) is 4.47 Å². The lowest BCUT2D eigenvalue weighted by atomic mass is 10.3. The number of pyridine rings is 1. The van der Waals surface area contributed by atoms with E-state index in [0.29, 0.717) is 13.0 Å². The Kier molecular flexibility index (Phi) is 5.00. The lowest BCUT2D eigenvalue weighted by Crippen LogP contribution is -2.29. The van der Waals surface area contributed by atoms with Gasteiger partial charge in [-0.15, -0.1) is 0 Å². The van der Waals surface area contributed by atoms with Crippen LogP contribution < -0.4 is 5.32 Å². The fourth-order valence-corrected chi connectivity index (χ4v) is 3.08. The molecule has 1 aromatic heterocycles. The molecule has 1 amide bonds. The van der Waals surface area contributed by atoms with Crippen LogP contribution in [0.3, 0.4) is 0 Å². The molecule has 0 atom stereocenters. The zero-order chi connectivity index (χ0) is 13.0. The molecule has 1 saturated heterocycles. The summed E-state index contributed by atoms with van der Waals surface area (Å²) in [7, 11) is 0. The van der Waals surface area contributed by atoms with E-state index >= 15 is 0 Å². The van der Waals surface area contributed by atoms with Crippen LogP contribution in [0.4, 0.5) is 5.82 Å². The van der Waals surface area contributed by atoms with E-state index in [1.807, 2.05) is 11.0 Å². The number of anilines is 1. The van der Waals surface area contributed by atoms with Crippen LogP contribution >= 0.6 is 31.9 Å². The molecule has 1 N–H and O–H groups in total. The van der Waals surface area contributed by atoms with Gasteiger partial charge >= 0.3 is 0 Å². The Hall–Kier alpha value is -0.620. The number of aromatic nitrogens is 1. The Labute approximate surface area is 123 Å². The summed E-state index contributed by atoms with van der Waals surface area (Å²) in [6.07, 6.45) is 4.53. The Morgan fingerprint density at radius 3 is 2.78 bits per heavy atom. The van der Waals surface area contributed by atoms with Crippen molar-refractivity contribution in [1.29, 1.82) is 0 Å². The molecule has 0 radical (unpaired) electrons. The number of hydrogen-bond acceptors (Lipinski definition) is 3. The van der Waals surface area contributed by atoms with E-state index < -0.39 is 0 Å². The molecule has 0 unspecified atom stereocenters. The van der Waals surface area contributed by atoms with Crippen LogP contribution in [0.1, 0.15) is 19.3 Å². The van der Waals surface area contributed by atoms with E-state index in [9.17, 15) is 4.79 Å². The molecular weight excluding hydrogens is 362 g/mol. The fourth-order valence-electron chi connectivity index (χ4n) is 1.96. The second kappa shape index (κ2) is 6.52. The fraction of sp³-hybridized carbons (Fsp3) is 0.500. The van der Waals surface area contributed by atoms with Gasteiger partial charge in [-0.25, -0.2) is 4.98 Å². The van der Waals surface area contributed by atoms with E-state index in [2.05, 4.69) is 42.2 Å². The third kappa shape index (κ3) is 3.68. The lowest BCUT2D eigenvalue weighted by molar-refractivity contribution is -0.129. The molecule has 1 aliphatic heterocycles. The van der Waals surface area contributed by atoms with Gasteiger partial charge < -0.3 is 10.2 Å². The van der Waals surface area contributed by atoms with E-state index in [4.69, 9.17) is 0 Å². The molecule has 1 aliphatic rings. The number of rotatable bonds is 4. The zero-order valence-electron chi connectivity index (χ0n) is 9.96. The summed E-state index contributed by atoms with van der Waals surface area (Å²) < 4.78 is 1.82. The Morgan fingerprint density at radius 2 is 2.11 bits per heavy atom. The molecule has 0 aliphatic carbocycles. The van der Waals surface area contributed by atoms with Gasteiger partial charge in [0.2, 0.25) is 5.91 Å². The topological polar surface area (TPSA) is 45.2 Å². The van der Waals surface area contributed by atoms with Gasteiger partial charge in [-0.3, -0.25) is 4.79 Å². The molecule has 1 fully saturated rings. The predicted octanol–water partition coefficient (Wildman–Crippen LogP) is 3.03. The van der Waals surface area contributed by atoms with Crippen LogP contribution in [0.25, 0.3) is 0 Å². The maximum Gasteiger partial charge on any atom is 0.224 e. The summed E-state index contributed by atoms with van der Waals surface area (Å²) in [6.45, 7) is 2.45. The Bertz CT molecular complexity index is 433. The van der Waals surface area contributed by atoms with Crippen molar-refractivity contribution in [3.8, 4) is 0 Å². The van der Waals surface area contributed by atoms with E-state index in [0.717, 1.165) is 40.7 Å². The average Bonchev–Trinajstić information content (AvgIpc) is 2.85. The maximum atomic E-state index is 11.8. The quantitative estimate of drug-likeness (QED) is 0.878. The van der Waals surface area contributed by atoms with Crippen molar-refractivity contribution in [1.82, 2.24) is 9.88 Å². The maximum absolute atomic E-state index is 11.8. The molecule has 98 valence electrons. The van der Waals surface area contributed by atoms with Crippen molar-refractivity contribution in [2.24, 2.45) is 0 Å². The lowest BCUT2D eigenvalue weighted by Gasteiger charge is -2.15. The Morgan fingerprint density at radius 1 is 1.39 bits per heavy atom. The summed E-state index contributed by atoms with van der Waals surface area (Å²) >= 11 is 6.78. The normalized spacial score (nSPS) is 14.9.